The van der Waals surface area contributed by atoms with Crippen LogP contribution in [0.1, 0.15) is 41.3 Å². The fraction of sp³-hybridized carbons (Fsp3) is 0.409. The highest BCUT2D eigenvalue weighted by Gasteiger charge is 2.28. The van der Waals surface area contributed by atoms with Crippen molar-refractivity contribution < 1.29 is 17.9 Å². The quantitative estimate of drug-likeness (QED) is 0.748. The summed E-state index contributed by atoms with van der Waals surface area (Å²) in [6.07, 6.45) is 3.29. The van der Waals surface area contributed by atoms with Crippen LogP contribution < -0.4 is 5.32 Å². The molecule has 1 saturated heterocycles. The number of benzene rings is 2. The van der Waals surface area contributed by atoms with E-state index in [0.29, 0.717) is 43.1 Å². The smallest absolute Gasteiger partial charge is 0.255 e. The summed E-state index contributed by atoms with van der Waals surface area (Å²) in [5.41, 5.74) is 2.86. The monoisotopic (exact) mass is 416 g/mol. The number of carbonyl (C=O) groups excluding carboxylic acids is 1. The molecule has 2 aromatic rings. The molecule has 29 heavy (non-hydrogen) atoms. The van der Waals surface area contributed by atoms with Crippen LogP contribution in [0.15, 0.2) is 47.4 Å². The number of morpholine rings is 1. The van der Waals surface area contributed by atoms with Gasteiger partial charge in [0.25, 0.3) is 5.91 Å². The molecule has 3 rings (SSSR count). The molecule has 0 unspecified atom stereocenters. The predicted molar refractivity (Wildman–Crippen MR) is 114 cm³/mol. The Labute approximate surface area is 172 Å². The van der Waals surface area contributed by atoms with Crippen LogP contribution in [0.4, 0.5) is 5.69 Å². The summed E-state index contributed by atoms with van der Waals surface area (Å²) in [7, 11) is -3.66. The molecule has 0 atom stereocenters. The average molecular weight is 417 g/mol. The number of amides is 1. The maximum absolute atomic E-state index is 13.0. The molecule has 7 heteroatoms. The first-order chi connectivity index (χ1) is 13.9. The minimum Gasteiger partial charge on any atom is -0.379 e. The lowest BCUT2D eigenvalue weighted by Gasteiger charge is -2.26. The van der Waals surface area contributed by atoms with Crippen molar-refractivity contribution in [3.8, 4) is 0 Å². The number of unbranched alkanes of at least 4 members (excludes halogenated alkanes) is 1. The summed E-state index contributed by atoms with van der Waals surface area (Å²) in [6, 6.07) is 12.6. The number of sulfonamides is 1. The van der Waals surface area contributed by atoms with Crippen molar-refractivity contribution in [2.45, 2.75) is 38.0 Å². The van der Waals surface area contributed by atoms with Gasteiger partial charge >= 0.3 is 0 Å². The van der Waals surface area contributed by atoms with Gasteiger partial charge in [0.15, 0.2) is 0 Å². The summed E-state index contributed by atoms with van der Waals surface area (Å²) in [6.45, 7) is 5.30. The van der Waals surface area contributed by atoms with E-state index in [-0.39, 0.29) is 10.8 Å². The van der Waals surface area contributed by atoms with Gasteiger partial charge in [0.2, 0.25) is 10.0 Å². The second-order valence-electron chi connectivity index (χ2n) is 7.25. The van der Waals surface area contributed by atoms with E-state index in [9.17, 15) is 13.2 Å². The number of carbonyl (C=O) groups is 1. The Morgan fingerprint density at radius 2 is 1.79 bits per heavy atom. The molecule has 0 bridgehead atoms. The molecule has 0 aromatic heterocycles. The second-order valence-corrected chi connectivity index (χ2v) is 9.16. The van der Waals surface area contributed by atoms with Crippen molar-refractivity contribution in [3.63, 3.8) is 0 Å². The van der Waals surface area contributed by atoms with E-state index in [1.54, 1.807) is 19.1 Å². The fourth-order valence-corrected chi connectivity index (χ4v) is 4.94. The number of rotatable bonds is 7. The first kappa shape index (κ1) is 21.5. The number of nitrogens with zero attached hydrogens (tertiary/aromatic N) is 1. The molecular formula is C22H28N2O4S. The summed E-state index contributed by atoms with van der Waals surface area (Å²) in [5.74, 6) is -0.329. The number of ether oxygens (including phenoxy) is 1. The number of aryl methyl sites for hydroxylation is 2. The molecule has 0 aliphatic carbocycles. The average Bonchev–Trinajstić information content (AvgIpc) is 2.74. The Hall–Kier alpha value is -2.22. The van der Waals surface area contributed by atoms with Gasteiger partial charge in [-0.3, -0.25) is 4.79 Å². The highest BCUT2D eigenvalue weighted by Crippen LogP contribution is 2.23. The zero-order valence-corrected chi connectivity index (χ0v) is 17.8. The Morgan fingerprint density at radius 3 is 2.45 bits per heavy atom. The molecule has 1 heterocycles. The minimum absolute atomic E-state index is 0.168. The number of anilines is 1. The first-order valence-electron chi connectivity index (χ1n) is 10.0. The molecule has 1 amide bonds. The lowest BCUT2D eigenvalue weighted by molar-refractivity contribution is 0.0730. The van der Waals surface area contributed by atoms with Crippen molar-refractivity contribution in [2.75, 3.05) is 31.6 Å². The van der Waals surface area contributed by atoms with Crippen LogP contribution in [0.5, 0.6) is 0 Å². The van der Waals surface area contributed by atoms with Gasteiger partial charge in [0, 0.05) is 24.3 Å². The zero-order chi connectivity index (χ0) is 20.9. The zero-order valence-electron chi connectivity index (χ0n) is 17.0. The Morgan fingerprint density at radius 1 is 1.10 bits per heavy atom. The van der Waals surface area contributed by atoms with Gasteiger partial charge in [0.1, 0.15) is 0 Å². The highest BCUT2D eigenvalue weighted by molar-refractivity contribution is 7.89. The lowest BCUT2D eigenvalue weighted by atomic mass is 10.1. The van der Waals surface area contributed by atoms with Gasteiger partial charge in [0.05, 0.1) is 18.1 Å². The molecule has 1 N–H and O–H groups in total. The van der Waals surface area contributed by atoms with E-state index in [0.717, 1.165) is 19.3 Å². The molecule has 6 nitrogen and oxygen atoms in total. The van der Waals surface area contributed by atoms with Gasteiger partial charge in [-0.2, -0.15) is 4.31 Å². The number of nitrogens with one attached hydrogen (secondary N) is 1. The molecule has 1 aliphatic heterocycles. The van der Waals surface area contributed by atoms with Crippen molar-refractivity contribution in [1.29, 1.82) is 0 Å². The fourth-order valence-electron chi connectivity index (χ4n) is 3.28. The van der Waals surface area contributed by atoms with Crippen LogP contribution in [0.3, 0.4) is 0 Å². The van der Waals surface area contributed by atoms with Crippen LogP contribution >= 0.6 is 0 Å². The van der Waals surface area contributed by atoms with E-state index < -0.39 is 10.0 Å². The van der Waals surface area contributed by atoms with Crippen molar-refractivity contribution in [3.05, 3.63) is 59.2 Å². The summed E-state index contributed by atoms with van der Waals surface area (Å²) in [4.78, 5) is 12.9. The largest absolute Gasteiger partial charge is 0.379 e. The maximum Gasteiger partial charge on any atom is 0.255 e. The molecule has 1 fully saturated rings. The molecule has 0 spiro atoms. The Balaban J connectivity index is 1.77. The third kappa shape index (κ3) is 5.23. The highest BCUT2D eigenvalue weighted by atomic mass is 32.2. The standard InChI is InChI=1S/C22H28N2O4S/c1-3-4-5-18-7-10-20(11-8-18)23-22(25)19-9-6-17(2)21(16-19)29(26,27)24-12-14-28-15-13-24/h6-11,16H,3-5,12-15H2,1-2H3,(H,23,25). The maximum atomic E-state index is 13.0. The number of hydrogen-bond donors (Lipinski definition) is 1. The molecule has 1 aliphatic rings. The van der Waals surface area contributed by atoms with E-state index in [1.807, 2.05) is 24.3 Å². The van der Waals surface area contributed by atoms with Crippen molar-refractivity contribution in [1.82, 2.24) is 4.31 Å². The molecule has 0 radical (unpaired) electrons. The van der Waals surface area contributed by atoms with Crippen molar-refractivity contribution in [2.24, 2.45) is 0 Å². The van der Waals surface area contributed by atoms with Gasteiger partial charge in [-0.05, 0) is 55.2 Å². The van der Waals surface area contributed by atoms with Crippen LogP contribution in [0.2, 0.25) is 0 Å². The molecule has 2 aromatic carbocycles. The summed E-state index contributed by atoms with van der Waals surface area (Å²) >= 11 is 0. The van der Waals surface area contributed by atoms with E-state index >= 15 is 0 Å². The van der Waals surface area contributed by atoms with Crippen molar-refractivity contribution >= 4 is 21.6 Å². The van der Waals surface area contributed by atoms with Gasteiger partial charge in [-0.25, -0.2) is 8.42 Å². The van der Waals surface area contributed by atoms with E-state index in [1.165, 1.54) is 15.9 Å². The van der Waals surface area contributed by atoms with Gasteiger partial charge in [-0.15, -0.1) is 0 Å². The summed E-state index contributed by atoms with van der Waals surface area (Å²) in [5, 5.41) is 2.85. The third-order valence-electron chi connectivity index (χ3n) is 5.07. The van der Waals surface area contributed by atoms with E-state index in [2.05, 4.69) is 12.2 Å². The van der Waals surface area contributed by atoms with Gasteiger partial charge < -0.3 is 10.1 Å². The lowest BCUT2D eigenvalue weighted by Crippen LogP contribution is -2.40. The normalized spacial score (nSPS) is 15.2. The Bertz CT molecular complexity index is 949. The third-order valence-corrected chi connectivity index (χ3v) is 7.11. The van der Waals surface area contributed by atoms with Crippen LogP contribution in [-0.4, -0.2) is 44.9 Å². The molecule has 0 saturated carbocycles. The Kier molecular flexibility index (Phi) is 7.05. The van der Waals surface area contributed by atoms with Crippen LogP contribution in [0.25, 0.3) is 0 Å². The molecule has 156 valence electrons. The van der Waals surface area contributed by atoms with Crippen LogP contribution in [-0.2, 0) is 21.2 Å². The molecular weight excluding hydrogens is 388 g/mol. The topological polar surface area (TPSA) is 75.7 Å². The SMILES string of the molecule is CCCCc1ccc(NC(=O)c2ccc(C)c(S(=O)(=O)N3CCOCC3)c2)cc1. The van der Waals surface area contributed by atoms with Crippen LogP contribution in [0, 0.1) is 6.92 Å². The second kappa shape index (κ2) is 9.52. The van der Waals surface area contributed by atoms with Gasteiger partial charge in [-0.1, -0.05) is 31.5 Å². The minimum atomic E-state index is -3.66. The number of hydrogen-bond acceptors (Lipinski definition) is 4. The van der Waals surface area contributed by atoms with E-state index in [4.69, 9.17) is 4.74 Å². The first-order valence-corrected chi connectivity index (χ1v) is 11.4. The summed E-state index contributed by atoms with van der Waals surface area (Å²) < 4.78 is 32.7. The predicted octanol–water partition coefficient (Wildman–Crippen LogP) is 3.61.